The van der Waals surface area contributed by atoms with Crippen molar-refractivity contribution < 1.29 is 4.79 Å². The molecule has 0 aliphatic carbocycles. The predicted octanol–water partition coefficient (Wildman–Crippen LogP) is 5.48. The molecule has 5 heteroatoms. The lowest BCUT2D eigenvalue weighted by atomic mass is 10.1. The first kappa shape index (κ1) is 16.3. The molecule has 0 saturated heterocycles. The number of amides is 1. The molecule has 3 aromatic rings. The van der Waals surface area contributed by atoms with Crippen molar-refractivity contribution in [2.75, 3.05) is 5.32 Å². The van der Waals surface area contributed by atoms with Crippen molar-refractivity contribution in [3.05, 3.63) is 62.3 Å². The summed E-state index contributed by atoms with van der Waals surface area (Å²) in [6.45, 7) is 4.73. The van der Waals surface area contributed by atoms with E-state index in [1.165, 1.54) is 0 Å². The van der Waals surface area contributed by atoms with E-state index >= 15 is 0 Å². The van der Waals surface area contributed by atoms with E-state index in [0.717, 1.165) is 32.3 Å². The maximum atomic E-state index is 12.8. The number of nitrogens with one attached hydrogen (secondary N) is 1. The molecule has 3 nitrogen and oxygen atoms in total. The van der Waals surface area contributed by atoms with Crippen LogP contribution in [-0.2, 0) is 6.54 Å². The standard InChI is InChI=1S/C18H16ClIN2O/c1-3-22-16-9-4-12(19)10-15(16)11(2)17(22)18(23)21-14-7-5-13(20)6-8-14/h4-10H,3H2,1-2H3,(H,21,23). The number of carbonyl (C=O) groups is 1. The van der Waals surface area contributed by atoms with Crippen LogP contribution in [0.15, 0.2) is 42.5 Å². The van der Waals surface area contributed by atoms with Crippen LogP contribution in [0.25, 0.3) is 10.9 Å². The summed E-state index contributed by atoms with van der Waals surface area (Å²) in [6.07, 6.45) is 0. The van der Waals surface area contributed by atoms with Crippen LogP contribution in [0.4, 0.5) is 5.69 Å². The molecule has 0 saturated carbocycles. The highest BCUT2D eigenvalue weighted by molar-refractivity contribution is 14.1. The van der Waals surface area contributed by atoms with Crippen LogP contribution in [-0.4, -0.2) is 10.5 Å². The van der Waals surface area contributed by atoms with Gasteiger partial charge in [-0.15, -0.1) is 0 Å². The van der Waals surface area contributed by atoms with Crippen molar-refractivity contribution in [3.63, 3.8) is 0 Å². The molecule has 2 aromatic carbocycles. The number of halogens is 2. The zero-order valence-corrected chi connectivity index (χ0v) is 15.8. The number of aryl methyl sites for hydroxylation is 2. The van der Waals surface area contributed by atoms with Gasteiger partial charge in [-0.3, -0.25) is 4.79 Å². The van der Waals surface area contributed by atoms with E-state index in [9.17, 15) is 4.79 Å². The van der Waals surface area contributed by atoms with Crippen LogP contribution >= 0.6 is 34.2 Å². The zero-order valence-electron chi connectivity index (χ0n) is 12.9. The molecule has 0 spiro atoms. The number of rotatable bonds is 3. The first-order valence-corrected chi connectivity index (χ1v) is 8.82. The molecule has 23 heavy (non-hydrogen) atoms. The van der Waals surface area contributed by atoms with Crippen molar-refractivity contribution >= 4 is 56.7 Å². The SMILES string of the molecule is CCn1c(C(=O)Nc2ccc(I)cc2)c(C)c2cc(Cl)ccc21. The Balaban J connectivity index is 2.06. The van der Waals surface area contributed by atoms with Crippen LogP contribution in [0.2, 0.25) is 5.02 Å². The minimum absolute atomic E-state index is 0.0992. The minimum Gasteiger partial charge on any atom is -0.337 e. The summed E-state index contributed by atoms with van der Waals surface area (Å²) >= 11 is 8.35. The molecule has 1 aromatic heterocycles. The molecule has 0 aliphatic heterocycles. The third-order valence-electron chi connectivity index (χ3n) is 3.91. The molecular formula is C18H16ClIN2O. The third kappa shape index (κ3) is 3.10. The summed E-state index contributed by atoms with van der Waals surface area (Å²) < 4.78 is 3.16. The molecule has 0 aliphatic rings. The monoisotopic (exact) mass is 438 g/mol. The van der Waals surface area contributed by atoms with Gasteiger partial charge in [0.2, 0.25) is 0 Å². The second-order valence-corrected chi connectivity index (χ2v) is 7.02. The van der Waals surface area contributed by atoms with E-state index in [1.807, 2.05) is 60.9 Å². The highest BCUT2D eigenvalue weighted by atomic mass is 127. The van der Waals surface area contributed by atoms with Crippen molar-refractivity contribution in [2.24, 2.45) is 0 Å². The lowest BCUT2D eigenvalue weighted by Gasteiger charge is -2.10. The number of hydrogen-bond acceptors (Lipinski definition) is 1. The normalized spacial score (nSPS) is 11.0. The van der Waals surface area contributed by atoms with E-state index in [1.54, 1.807) is 0 Å². The molecule has 0 bridgehead atoms. The maximum Gasteiger partial charge on any atom is 0.272 e. The number of benzene rings is 2. The van der Waals surface area contributed by atoms with E-state index in [4.69, 9.17) is 11.6 Å². The van der Waals surface area contributed by atoms with Crippen LogP contribution in [0.5, 0.6) is 0 Å². The smallest absolute Gasteiger partial charge is 0.272 e. The Kier molecular flexibility index (Phi) is 4.64. The van der Waals surface area contributed by atoms with Gasteiger partial charge in [0, 0.05) is 31.7 Å². The number of anilines is 1. The van der Waals surface area contributed by atoms with Crippen LogP contribution in [0.1, 0.15) is 23.0 Å². The van der Waals surface area contributed by atoms with Gasteiger partial charge in [0.15, 0.2) is 0 Å². The fourth-order valence-corrected chi connectivity index (χ4v) is 3.37. The quantitative estimate of drug-likeness (QED) is 0.540. The second kappa shape index (κ2) is 6.53. The molecule has 1 N–H and O–H groups in total. The topological polar surface area (TPSA) is 34.0 Å². The summed E-state index contributed by atoms with van der Waals surface area (Å²) in [5, 5.41) is 4.68. The number of carbonyl (C=O) groups excluding carboxylic acids is 1. The Labute approximate surface area is 153 Å². The first-order chi connectivity index (χ1) is 11.0. The van der Waals surface area contributed by atoms with Crippen LogP contribution < -0.4 is 5.32 Å². The Morgan fingerprint density at radius 3 is 2.57 bits per heavy atom. The summed E-state index contributed by atoms with van der Waals surface area (Å²) in [7, 11) is 0. The fraction of sp³-hybridized carbons (Fsp3) is 0.167. The van der Waals surface area contributed by atoms with E-state index in [2.05, 4.69) is 27.9 Å². The average Bonchev–Trinajstić information content (AvgIpc) is 2.81. The molecular weight excluding hydrogens is 423 g/mol. The van der Waals surface area contributed by atoms with E-state index in [-0.39, 0.29) is 5.91 Å². The van der Waals surface area contributed by atoms with Gasteiger partial charge in [-0.1, -0.05) is 11.6 Å². The van der Waals surface area contributed by atoms with Gasteiger partial charge in [0.1, 0.15) is 5.69 Å². The first-order valence-electron chi connectivity index (χ1n) is 7.36. The largest absolute Gasteiger partial charge is 0.337 e. The molecule has 0 radical (unpaired) electrons. The van der Waals surface area contributed by atoms with Crippen molar-refractivity contribution in [2.45, 2.75) is 20.4 Å². The van der Waals surface area contributed by atoms with Crippen LogP contribution in [0, 0.1) is 10.5 Å². The number of aromatic nitrogens is 1. The lowest BCUT2D eigenvalue weighted by molar-refractivity contribution is 0.101. The van der Waals surface area contributed by atoms with Gasteiger partial charge in [-0.2, -0.15) is 0 Å². The minimum atomic E-state index is -0.0992. The highest BCUT2D eigenvalue weighted by Gasteiger charge is 2.19. The van der Waals surface area contributed by atoms with Gasteiger partial charge < -0.3 is 9.88 Å². The third-order valence-corrected chi connectivity index (χ3v) is 4.87. The summed E-state index contributed by atoms with van der Waals surface area (Å²) in [6, 6.07) is 13.5. The zero-order chi connectivity index (χ0) is 16.6. The molecule has 0 fully saturated rings. The van der Waals surface area contributed by atoms with Gasteiger partial charge in [-0.25, -0.2) is 0 Å². The van der Waals surface area contributed by atoms with E-state index in [0.29, 0.717) is 10.7 Å². The number of hydrogen-bond donors (Lipinski definition) is 1. The molecule has 118 valence electrons. The number of fused-ring (bicyclic) bond motifs is 1. The van der Waals surface area contributed by atoms with E-state index < -0.39 is 0 Å². The molecule has 1 amide bonds. The van der Waals surface area contributed by atoms with Gasteiger partial charge in [-0.05, 0) is 84.5 Å². The average molecular weight is 439 g/mol. The van der Waals surface area contributed by atoms with Crippen molar-refractivity contribution in [1.29, 1.82) is 0 Å². The highest BCUT2D eigenvalue weighted by Crippen LogP contribution is 2.29. The maximum absolute atomic E-state index is 12.8. The summed E-state index contributed by atoms with van der Waals surface area (Å²) in [5.74, 6) is -0.0992. The van der Waals surface area contributed by atoms with Gasteiger partial charge in [0.05, 0.1) is 0 Å². The predicted molar refractivity (Wildman–Crippen MR) is 104 cm³/mol. The Hall–Kier alpha value is -1.53. The lowest BCUT2D eigenvalue weighted by Crippen LogP contribution is -2.17. The van der Waals surface area contributed by atoms with Crippen molar-refractivity contribution in [3.8, 4) is 0 Å². The molecule has 1 heterocycles. The molecule has 0 atom stereocenters. The summed E-state index contributed by atoms with van der Waals surface area (Å²) in [4.78, 5) is 12.8. The van der Waals surface area contributed by atoms with Gasteiger partial charge in [0.25, 0.3) is 5.91 Å². The fourth-order valence-electron chi connectivity index (χ4n) is 2.84. The Morgan fingerprint density at radius 2 is 1.91 bits per heavy atom. The van der Waals surface area contributed by atoms with Crippen molar-refractivity contribution in [1.82, 2.24) is 4.57 Å². The Morgan fingerprint density at radius 1 is 1.22 bits per heavy atom. The number of nitrogens with zero attached hydrogens (tertiary/aromatic N) is 1. The van der Waals surface area contributed by atoms with Gasteiger partial charge >= 0.3 is 0 Å². The Bertz CT molecular complexity index is 884. The second-order valence-electron chi connectivity index (χ2n) is 5.34. The summed E-state index contributed by atoms with van der Waals surface area (Å²) in [5.41, 5.74) is 3.46. The van der Waals surface area contributed by atoms with Crippen LogP contribution in [0.3, 0.4) is 0 Å². The molecule has 3 rings (SSSR count). The molecule has 0 unspecified atom stereocenters.